The van der Waals surface area contributed by atoms with Gasteiger partial charge in [0.2, 0.25) is 0 Å². The van der Waals surface area contributed by atoms with Crippen LogP contribution in [0.15, 0.2) is 18.2 Å². The number of hydrogen-bond acceptors (Lipinski definition) is 2. The van der Waals surface area contributed by atoms with Gasteiger partial charge in [-0.25, -0.2) is 0 Å². The molecule has 1 aliphatic heterocycles. The predicted molar refractivity (Wildman–Crippen MR) is 65.7 cm³/mol. The molecule has 1 fully saturated rings. The number of nitrogens with one attached hydrogen (secondary N) is 2. The van der Waals surface area contributed by atoms with Gasteiger partial charge in [0.05, 0.1) is 10.7 Å². The van der Waals surface area contributed by atoms with Gasteiger partial charge in [0.25, 0.3) is 0 Å². The van der Waals surface area contributed by atoms with Gasteiger partial charge in [-0.3, -0.25) is 0 Å². The zero-order valence-electron chi connectivity index (χ0n) is 9.02. The molecule has 0 amide bonds. The molecule has 1 aromatic rings. The van der Waals surface area contributed by atoms with Crippen LogP contribution in [0, 0.1) is 6.92 Å². The Kier molecular flexibility index (Phi) is 3.49. The number of para-hydroxylation sites is 1. The minimum Gasteiger partial charge on any atom is -0.381 e. The number of benzene rings is 1. The maximum Gasteiger partial charge on any atom is 0.0640 e. The Hall–Kier alpha value is -0.730. The SMILES string of the molecule is Cc1cccc(Cl)c1NC1CCNCC1. The van der Waals surface area contributed by atoms with Crippen molar-refractivity contribution in [2.45, 2.75) is 25.8 Å². The Labute approximate surface area is 96.0 Å². The highest BCUT2D eigenvalue weighted by molar-refractivity contribution is 6.33. The summed E-state index contributed by atoms with van der Waals surface area (Å²) in [7, 11) is 0. The van der Waals surface area contributed by atoms with E-state index in [4.69, 9.17) is 11.6 Å². The van der Waals surface area contributed by atoms with Crippen LogP contribution in [0.2, 0.25) is 5.02 Å². The molecule has 0 radical (unpaired) electrons. The van der Waals surface area contributed by atoms with Crippen molar-refractivity contribution in [2.24, 2.45) is 0 Å². The molecule has 2 nitrogen and oxygen atoms in total. The van der Waals surface area contributed by atoms with Crippen LogP contribution >= 0.6 is 11.6 Å². The monoisotopic (exact) mass is 224 g/mol. The van der Waals surface area contributed by atoms with E-state index >= 15 is 0 Å². The van der Waals surface area contributed by atoms with E-state index in [1.54, 1.807) is 0 Å². The summed E-state index contributed by atoms with van der Waals surface area (Å²) in [5.74, 6) is 0. The van der Waals surface area contributed by atoms with E-state index in [2.05, 4.69) is 23.6 Å². The summed E-state index contributed by atoms with van der Waals surface area (Å²) < 4.78 is 0. The van der Waals surface area contributed by atoms with Gasteiger partial charge in [-0.05, 0) is 44.5 Å². The average molecular weight is 225 g/mol. The Morgan fingerprint density at radius 2 is 2.07 bits per heavy atom. The van der Waals surface area contributed by atoms with Gasteiger partial charge in [0.15, 0.2) is 0 Å². The smallest absolute Gasteiger partial charge is 0.0640 e. The standard InChI is InChI=1S/C12H17ClN2/c1-9-3-2-4-11(13)12(9)15-10-5-7-14-8-6-10/h2-4,10,14-15H,5-8H2,1H3. The van der Waals surface area contributed by atoms with Crippen molar-refractivity contribution < 1.29 is 0 Å². The molecule has 0 atom stereocenters. The van der Waals surface area contributed by atoms with Crippen LogP contribution in [0.3, 0.4) is 0 Å². The third-order valence-electron chi connectivity index (χ3n) is 2.91. The van der Waals surface area contributed by atoms with Gasteiger partial charge in [0.1, 0.15) is 0 Å². The molecule has 0 aliphatic carbocycles. The van der Waals surface area contributed by atoms with E-state index < -0.39 is 0 Å². The summed E-state index contributed by atoms with van der Waals surface area (Å²) in [6.45, 7) is 4.29. The van der Waals surface area contributed by atoms with Gasteiger partial charge < -0.3 is 10.6 Å². The second-order valence-corrected chi connectivity index (χ2v) is 4.51. The summed E-state index contributed by atoms with van der Waals surface area (Å²) in [6, 6.07) is 6.59. The predicted octanol–water partition coefficient (Wildman–Crippen LogP) is 2.81. The first-order chi connectivity index (χ1) is 7.27. The van der Waals surface area contributed by atoms with Gasteiger partial charge in [0, 0.05) is 6.04 Å². The van der Waals surface area contributed by atoms with Gasteiger partial charge >= 0.3 is 0 Å². The van der Waals surface area contributed by atoms with E-state index in [1.165, 1.54) is 18.4 Å². The lowest BCUT2D eigenvalue weighted by atomic mass is 10.1. The normalized spacial score (nSPS) is 17.7. The third-order valence-corrected chi connectivity index (χ3v) is 3.22. The Bertz CT molecular complexity index is 312. The van der Waals surface area contributed by atoms with Crippen molar-refractivity contribution in [2.75, 3.05) is 18.4 Å². The van der Waals surface area contributed by atoms with E-state index in [-0.39, 0.29) is 0 Å². The van der Waals surface area contributed by atoms with Crippen molar-refractivity contribution in [1.29, 1.82) is 0 Å². The molecule has 1 heterocycles. The van der Waals surface area contributed by atoms with Crippen LogP contribution in [0.25, 0.3) is 0 Å². The molecular formula is C12H17ClN2. The molecule has 1 aliphatic rings. The Morgan fingerprint density at radius 3 is 2.73 bits per heavy atom. The van der Waals surface area contributed by atoms with E-state index in [0.29, 0.717) is 6.04 Å². The van der Waals surface area contributed by atoms with Crippen molar-refractivity contribution in [1.82, 2.24) is 5.32 Å². The molecule has 0 unspecified atom stereocenters. The Morgan fingerprint density at radius 1 is 1.33 bits per heavy atom. The zero-order valence-corrected chi connectivity index (χ0v) is 9.77. The number of aryl methyl sites for hydroxylation is 1. The van der Waals surface area contributed by atoms with Crippen LogP contribution in [-0.2, 0) is 0 Å². The lowest BCUT2D eigenvalue weighted by Crippen LogP contribution is -2.35. The maximum absolute atomic E-state index is 6.17. The van der Waals surface area contributed by atoms with Crippen molar-refractivity contribution in [3.05, 3.63) is 28.8 Å². The second kappa shape index (κ2) is 4.86. The topological polar surface area (TPSA) is 24.1 Å². The van der Waals surface area contributed by atoms with E-state index in [0.717, 1.165) is 23.8 Å². The summed E-state index contributed by atoms with van der Waals surface area (Å²) in [6.07, 6.45) is 2.34. The fourth-order valence-electron chi connectivity index (χ4n) is 1.99. The molecule has 2 N–H and O–H groups in total. The number of halogens is 1. The van der Waals surface area contributed by atoms with Crippen LogP contribution in [0.5, 0.6) is 0 Å². The van der Waals surface area contributed by atoms with Gasteiger partial charge in [-0.15, -0.1) is 0 Å². The average Bonchev–Trinajstić information content (AvgIpc) is 2.25. The minimum atomic E-state index is 0.560. The molecule has 0 saturated carbocycles. The van der Waals surface area contributed by atoms with Crippen molar-refractivity contribution in [3.63, 3.8) is 0 Å². The molecule has 1 saturated heterocycles. The van der Waals surface area contributed by atoms with Gasteiger partial charge in [-0.1, -0.05) is 23.7 Å². The molecule has 15 heavy (non-hydrogen) atoms. The fraction of sp³-hybridized carbons (Fsp3) is 0.500. The largest absolute Gasteiger partial charge is 0.381 e. The van der Waals surface area contributed by atoms with Gasteiger partial charge in [-0.2, -0.15) is 0 Å². The first-order valence-electron chi connectivity index (χ1n) is 5.50. The summed E-state index contributed by atoms with van der Waals surface area (Å²) in [5.41, 5.74) is 2.33. The molecule has 0 spiro atoms. The molecule has 1 aromatic carbocycles. The lowest BCUT2D eigenvalue weighted by molar-refractivity contribution is 0.479. The fourth-order valence-corrected chi connectivity index (χ4v) is 2.26. The number of anilines is 1. The third kappa shape index (κ3) is 2.64. The van der Waals surface area contributed by atoms with Crippen LogP contribution < -0.4 is 10.6 Å². The second-order valence-electron chi connectivity index (χ2n) is 4.10. The quantitative estimate of drug-likeness (QED) is 0.808. The molecule has 2 rings (SSSR count). The number of piperidine rings is 1. The highest BCUT2D eigenvalue weighted by Gasteiger charge is 2.14. The maximum atomic E-state index is 6.17. The first kappa shape index (κ1) is 10.8. The number of rotatable bonds is 2. The highest BCUT2D eigenvalue weighted by atomic mass is 35.5. The number of hydrogen-bond donors (Lipinski definition) is 2. The molecule has 82 valence electrons. The van der Waals surface area contributed by atoms with Crippen LogP contribution in [-0.4, -0.2) is 19.1 Å². The van der Waals surface area contributed by atoms with E-state index in [9.17, 15) is 0 Å². The highest BCUT2D eigenvalue weighted by Crippen LogP contribution is 2.27. The lowest BCUT2D eigenvalue weighted by Gasteiger charge is -2.26. The summed E-state index contributed by atoms with van der Waals surface area (Å²) in [4.78, 5) is 0. The van der Waals surface area contributed by atoms with E-state index in [1.807, 2.05) is 12.1 Å². The molecule has 0 aromatic heterocycles. The Balaban J connectivity index is 2.09. The minimum absolute atomic E-state index is 0.560. The van der Waals surface area contributed by atoms with Crippen LogP contribution in [0.4, 0.5) is 5.69 Å². The van der Waals surface area contributed by atoms with Crippen molar-refractivity contribution in [3.8, 4) is 0 Å². The summed E-state index contributed by atoms with van der Waals surface area (Å²) >= 11 is 6.17. The van der Waals surface area contributed by atoms with Crippen molar-refractivity contribution >= 4 is 17.3 Å². The van der Waals surface area contributed by atoms with Crippen LogP contribution in [0.1, 0.15) is 18.4 Å². The first-order valence-corrected chi connectivity index (χ1v) is 5.87. The zero-order chi connectivity index (χ0) is 10.7. The molecule has 0 bridgehead atoms. The molecular weight excluding hydrogens is 208 g/mol. The summed E-state index contributed by atoms with van der Waals surface area (Å²) in [5, 5.41) is 7.73. The molecule has 3 heteroatoms.